The van der Waals surface area contributed by atoms with Crippen LogP contribution in [0.25, 0.3) is 0 Å². The Kier molecular flexibility index (Phi) is 4.99. The maximum absolute atomic E-state index is 13.5. The first-order chi connectivity index (χ1) is 15.5. The van der Waals surface area contributed by atoms with Crippen molar-refractivity contribution in [2.75, 3.05) is 6.61 Å². The van der Waals surface area contributed by atoms with Crippen molar-refractivity contribution in [2.45, 2.75) is 43.7 Å². The number of hydrogen-bond donors (Lipinski definition) is 1. The van der Waals surface area contributed by atoms with Crippen LogP contribution in [-0.2, 0) is 9.59 Å². The Morgan fingerprint density at radius 1 is 1.15 bits per heavy atom. The molecular weight excluding hydrogens is 472 g/mol. The van der Waals surface area contributed by atoms with Gasteiger partial charge < -0.3 is 14.8 Å². The predicted molar refractivity (Wildman–Crippen MR) is 119 cm³/mol. The minimum atomic E-state index is -1.65. The summed E-state index contributed by atoms with van der Waals surface area (Å²) in [4.78, 5) is 38.2. The quantitative estimate of drug-likeness (QED) is 0.574. The molecule has 1 heterocycles. The first kappa shape index (κ1) is 22.2. The van der Waals surface area contributed by atoms with Crippen LogP contribution in [0.3, 0.4) is 0 Å². The number of hydrogen-bond acceptors (Lipinski definition) is 5. The zero-order chi connectivity index (χ0) is 23.6. The van der Waals surface area contributed by atoms with Crippen molar-refractivity contribution < 1.29 is 28.2 Å². The van der Waals surface area contributed by atoms with E-state index in [4.69, 9.17) is 32.7 Å². The second-order valence-corrected chi connectivity index (χ2v) is 10.3. The van der Waals surface area contributed by atoms with Gasteiger partial charge in [-0.05, 0) is 61.9 Å². The van der Waals surface area contributed by atoms with E-state index >= 15 is 0 Å². The van der Waals surface area contributed by atoms with Gasteiger partial charge in [-0.15, -0.1) is 0 Å². The van der Waals surface area contributed by atoms with Crippen LogP contribution in [0.5, 0.6) is 11.5 Å². The number of amides is 1. The Bertz CT molecular complexity index is 1200. The van der Waals surface area contributed by atoms with Crippen molar-refractivity contribution >= 4 is 40.7 Å². The zero-order valence-corrected chi connectivity index (χ0v) is 19.2. The highest BCUT2D eigenvalue weighted by Gasteiger charge is 2.69. The van der Waals surface area contributed by atoms with Crippen molar-refractivity contribution in [3.05, 3.63) is 57.8 Å². The van der Waals surface area contributed by atoms with Gasteiger partial charge in [-0.1, -0.05) is 23.2 Å². The first-order valence-corrected chi connectivity index (χ1v) is 11.2. The summed E-state index contributed by atoms with van der Waals surface area (Å²) in [6, 6.07) is 8.70. The number of halogens is 3. The molecule has 3 fully saturated rings. The van der Waals surface area contributed by atoms with Gasteiger partial charge in [-0.2, -0.15) is 0 Å². The maximum Gasteiger partial charge on any atom is 0.272 e. The summed E-state index contributed by atoms with van der Waals surface area (Å²) in [5, 5.41) is 3.36. The number of nitrogens with one attached hydrogen (secondary N) is 1. The van der Waals surface area contributed by atoms with E-state index in [1.807, 2.05) is 0 Å². The van der Waals surface area contributed by atoms with Crippen LogP contribution in [0.4, 0.5) is 4.39 Å². The molecule has 1 amide bonds. The molecule has 0 radical (unpaired) electrons. The Hall–Kier alpha value is -2.64. The van der Waals surface area contributed by atoms with Gasteiger partial charge in [0.25, 0.3) is 5.91 Å². The van der Waals surface area contributed by atoms with E-state index in [0.29, 0.717) is 42.0 Å². The molecule has 9 heteroatoms. The van der Waals surface area contributed by atoms with E-state index in [1.54, 1.807) is 12.1 Å². The molecule has 0 saturated heterocycles. The van der Waals surface area contributed by atoms with Crippen LogP contribution < -0.4 is 14.8 Å². The molecule has 3 saturated carbocycles. The Labute approximate surface area is 199 Å². The van der Waals surface area contributed by atoms with Crippen molar-refractivity contribution in [1.82, 2.24) is 5.32 Å². The summed E-state index contributed by atoms with van der Waals surface area (Å²) in [6.45, 7) is 1.30. The summed E-state index contributed by atoms with van der Waals surface area (Å²) < 4.78 is 24.6. The lowest BCUT2D eigenvalue weighted by Gasteiger charge is -2.70. The molecule has 6 nitrogen and oxygen atoms in total. The van der Waals surface area contributed by atoms with Crippen LogP contribution in [0.1, 0.15) is 43.0 Å². The number of benzene rings is 2. The van der Waals surface area contributed by atoms with E-state index in [1.165, 1.54) is 25.1 Å². The molecule has 2 bridgehead atoms. The monoisotopic (exact) mass is 491 g/mol. The Morgan fingerprint density at radius 2 is 1.88 bits per heavy atom. The molecule has 172 valence electrons. The lowest BCUT2D eigenvalue weighted by molar-refractivity contribution is -0.176. The van der Waals surface area contributed by atoms with E-state index in [0.717, 1.165) is 6.07 Å². The molecule has 2 aromatic rings. The molecular formula is C24H20Cl2FNO5. The standard InChI is InChI=1S/C24H20Cl2FNO5/c1-22(20(30)16-6-13(25)2-5-19(16)33-22)21(31)28-24-10-23(11-24,12-24)8-14(29)9-32-15-3-4-17(26)18(27)7-15/h2-7H,8-12H2,1H3,(H,28,31)/t22-,23?,24?/m1/s1. The van der Waals surface area contributed by atoms with Gasteiger partial charge in [0, 0.05) is 23.0 Å². The van der Waals surface area contributed by atoms with Crippen LogP contribution in [0.2, 0.25) is 10.0 Å². The van der Waals surface area contributed by atoms with Gasteiger partial charge in [0.15, 0.2) is 5.78 Å². The molecule has 33 heavy (non-hydrogen) atoms. The number of carbonyl (C=O) groups excluding carboxylic acids is 3. The van der Waals surface area contributed by atoms with Crippen LogP contribution in [0.15, 0.2) is 36.4 Å². The van der Waals surface area contributed by atoms with Crippen LogP contribution in [-0.4, -0.2) is 35.2 Å². The molecule has 0 spiro atoms. The zero-order valence-electron chi connectivity index (χ0n) is 17.7. The fourth-order valence-electron chi connectivity index (χ4n) is 5.32. The maximum atomic E-state index is 13.5. The average molecular weight is 492 g/mol. The highest BCUT2D eigenvalue weighted by molar-refractivity contribution is 6.31. The SMILES string of the molecule is C[C@@]1(C(=O)NC23CC(CC(=O)COc4ccc(Cl)c(F)c4)(C2)C3)Oc2ccc(Cl)cc2C1=O. The van der Waals surface area contributed by atoms with Gasteiger partial charge in [0.2, 0.25) is 11.4 Å². The highest BCUT2D eigenvalue weighted by Crippen LogP contribution is 2.69. The molecule has 4 aliphatic rings. The lowest BCUT2D eigenvalue weighted by atomic mass is 9.38. The molecule has 1 aliphatic heterocycles. The number of fused-ring (bicyclic) bond motifs is 1. The Morgan fingerprint density at radius 3 is 2.58 bits per heavy atom. The summed E-state index contributed by atoms with van der Waals surface area (Å²) in [5.41, 5.74) is -1.94. The molecule has 0 unspecified atom stereocenters. The molecule has 6 rings (SSSR count). The second kappa shape index (κ2) is 7.43. The summed E-state index contributed by atoms with van der Waals surface area (Å²) in [6.07, 6.45) is 2.26. The number of carbonyl (C=O) groups is 3. The summed E-state index contributed by atoms with van der Waals surface area (Å²) in [7, 11) is 0. The van der Waals surface area contributed by atoms with Gasteiger partial charge in [-0.3, -0.25) is 14.4 Å². The first-order valence-electron chi connectivity index (χ1n) is 10.5. The average Bonchev–Trinajstić information content (AvgIpc) is 2.97. The molecule has 0 aromatic heterocycles. The van der Waals surface area contributed by atoms with E-state index in [2.05, 4.69) is 5.32 Å². The van der Waals surface area contributed by atoms with Gasteiger partial charge in [-0.25, -0.2) is 4.39 Å². The van der Waals surface area contributed by atoms with Crippen molar-refractivity contribution in [3.63, 3.8) is 0 Å². The van der Waals surface area contributed by atoms with Gasteiger partial charge in [0.05, 0.1) is 10.6 Å². The summed E-state index contributed by atoms with van der Waals surface area (Å²) in [5.74, 6) is -1.05. The van der Waals surface area contributed by atoms with Crippen molar-refractivity contribution in [2.24, 2.45) is 5.41 Å². The predicted octanol–water partition coefficient (Wildman–Crippen LogP) is 4.54. The highest BCUT2D eigenvalue weighted by atomic mass is 35.5. The third kappa shape index (κ3) is 3.67. The smallest absolute Gasteiger partial charge is 0.272 e. The lowest BCUT2D eigenvalue weighted by Crippen LogP contribution is -2.76. The number of rotatable bonds is 7. The topological polar surface area (TPSA) is 81.7 Å². The second-order valence-electron chi connectivity index (χ2n) is 9.45. The van der Waals surface area contributed by atoms with E-state index in [9.17, 15) is 18.8 Å². The van der Waals surface area contributed by atoms with Crippen molar-refractivity contribution in [1.29, 1.82) is 0 Å². The number of Topliss-reactive ketones (excluding diaryl/α,β-unsaturated/α-hetero) is 2. The number of ketones is 2. The molecule has 1 atom stereocenters. The third-order valence-electron chi connectivity index (χ3n) is 6.75. The van der Waals surface area contributed by atoms with Gasteiger partial charge >= 0.3 is 0 Å². The largest absolute Gasteiger partial charge is 0.486 e. The van der Waals surface area contributed by atoms with Crippen LogP contribution in [0, 0.1) is 11.2 Å². The third-order valence-corrected chi connectivity index (χ3v) is 7.29. The molecule has 2 aromatic carbocycles. The minimum Gasteiger partial charge on any atom is -0.486 e. The van der Waals surface area contributed by atoms with Gasteiger partial charge in [0.1, 0.15) is 23.9 Å². The fourth-order valence-corrected chi connectivity index (χ4v) is 5.61. The summed E-state index contributed by atoms with van der Waals surface area (Å²) >= 11 is 11.6. The van der Waals surface area contributed by atoms with E-state index < -0.39 is 28.6 Å². The number of ether oxygens (including phenoxy) is 2. The van der Waals surface area contributed by atoms with Crippen LogP contribution >= 0.6 is 23.2 Å². The minimum absolute atomic E-state index is 0.0128. The Balaban J connectivity index is 1.13. The molecule has 1 N–H and O–H groups in total. The normalized spacial score (nSPS) is 28.8. The van der Waals surface area contributed by atoms with Crippen molar-refractivity contribution in [3.8, 4) is 11.5 Å². The van der Waals surface area contributed by atoms with E-state index in [-0.39, 0.29) is 28.6 Å². The molecule has 3 aliphatic carbocycles. The fraction of sp³-hybridized carbons (Fsp3) is 0.375.